The highest BCUT2D eigenvalue weighted by Crippen LogP contribution is 2.43. The molecule has 0 bridgehead atoms. The van der Waals surface area contributed by atoms with E-state index in [-0.39, 0.29) is 45.1 Å². The first-order valence-corrected chi connectivity index (χ1v) is 23.2. The molecular formula is C44H49BrF6N2O8S2. The maximum Gasteiger partial charge on any atom is 0.437 e. The molecule has 0 saturated carbocycles. The largest absolute Gasteiger partial charge is 0.507 e. The van der Waals surface area contributed by atoms with E-state index in [0.717, 1.165) is 12.0 Å². The third-order valence-electron chi connectivity index (χ3n) is 9.28. The summed E-state index contributed by atoms with van der Waals surface area (Å²) in [7, 11) is 0. The van der Waals surface area contributed by atoms with E-state index < -0.39 is 35.8 Å². The number of aryl methyl sites for hydroxylation is 4. The predicted molar refractivity (Wildman–Crippen MR) is 233 cm³/mol. The first kappa shape index (κ1) is 51.0. The van der Waals surface area contributed by atoms with Gasteiger partial charge in [0, 0.05) is 16.7 Å². The topological polar surface area (TPSA) is 134 Å². The van der Waals surface area contributed by atoms with Crippen molar-refractivity contribution in [3.8, 4) is 11.5 Å². The molecule has 2 unspecified atom stereocenters. The Morgan fingerprint density at radius 2 is 1.16 bits per heavy atom. The van der Waals surface area contributed by atoms with Gasteiger partial charge in [-0.25, -0.2) is 4.79 Å². The van der Waals surface area contributed by atoms with Gasteiger partial charge in [0.05, 0.1) is 24.0 Å². The number of esters is 2. The smallest absolute Gasteiger partial charge is 0.437 e. The van der Waals surface area contributed by atoms with Crippen LogP contribution in [0.5, 0.6) is 11.5 Å². The highest BCUT2D eigenvalue weighted by Gasteiger charge is 2.40. The average molecular weight is 992 g/mol. The Balaban J connectivity index is 0.000000232. The predicted octanol–water partition coefficient (Wildman–Crippen LogP) is 13.7. The van der Waals surface area contributed by atoms with Crippen LogP contribution in [-0.2, 0) is 57.1 Å². The summed E-state index contributed by atoms with van der Waals surface area (Å²) in [6.45, 7) is 11.7. The Hall–Kier alpha value is -4.62. The maximum absolute atomic E-state index is 13.5. The number of carbonyl (C=O) groups is 2. The zero-order valence-electron chi connectivity index (χ0n) is 35.5. The van der Waals surface area contributed by atoms with Crippen LogP contribution in [0.2, 0.25) is 0 Å². The van der Waals surface area contributed by atoms with E-state index in [0.29, 0.717) is 85.1 Å². The number of phenolic OH excluding ortho intramolecular Hbond substituents is 1. The quantitative estimate of drug-likeness (QED) is 0.0567. The van der Waals surface area contributed by atoms with Gasteiger partial charge in [0.1, 0.15) is 16.3 Å². The molecule has 0 aliphatic rings. The van der Waals surface area contributed by atoms with Crippen LogP contribution >= 0.6 is 38.6 Å². The summed E-state index contributed by atoms with van der Waals surface area (Å²) in [6.07, 6.45) is -5.61. The van der Waals surface area contributed by atoms with Gasteiger partial charge in [0.15, 0.2) is 22.6 Å². The van der Waals surface area contributed by atoms with Gasteiger partial charge in [0.25, 0.3) is 0 Å². The zero-order valence-corrected chi connectivity index (χ0v) is 38.7. The maximum atomic E-state index is 13.5. The van der Waals surface area contributed by atoms with Crippen LogP contribution in [-0.4, -0.2) is 40.6 Å². The van der Waals surface area contributed by atoms with Gasteiger partial charge in [0.2, 0.25) is 6.10 Å². The molecule has 344 valence electrons. The van der Waals surface area contributed by atoms with Gasteiger partial charge in [-0.15, -0.1) is 0 Å². The SMILES string of the molecule is CCCc1cc2c(C(F)(F)F)noc2c(CCC)c1O.CCCc1cc2c(C(F)(F)F)noc2c(CCC)c1OC(C(=O)OCC)c1ccsc1.CCOC(=O)C(Br)c1ccsc1. The minimum Gasteiger partial charge on any atom is -0.507 e. The molecule has 0 fully saturated rings. The summed E-state index contributed by atoms with van der Waals surface area (Å²) in [5.41, 5.74) is 1.57. The van der Waals surface area contributed by atoms with Gasteiger partial charge in [-0.1, -0.05) is 79.6 Å². The number of aromatic hydroxyl groups is 1. The van der Waals surface area contributed by atoms with Gasteiger partial charge < -0.3 is 28.4 Å². The van der Waals surface area contributed by atoms with Crippen molar-refractivity contribution in [2.75, 3.05) is 13.2 Å². The fourth-order valence-corrected chi connectivity index (χ4v) is 8.54. The lowest BCUT2D eigenvalue weighted by Gasteiger charge is -2.22. The molecule has 6 aromatic rings. The van der Waals surface area contributed by atoms with Crippen LogP contribution in [0.15, 0.2) is 54.8 Å². The van der Waals surface area contributed by atoms with Crippen LogP contribution in [0, 0.1) is 0 Å². The zero-order chi connectivity index (χ0) is 46.5. The van der Waals surface area contributed by atoms with Crippen LogP contribution in [0.4, 0.5) is 26.3 Å². The molecule has 0 aliphatic heterocycles. The number of rotatable bonds is 16. The first-order chi connectivity index (χ1) is 30.0. The van der Waals surface area contributed by atoms with Gasteiger partial charge in [-0.3, -0.25) is 4.79 Å². The second-order valence-electron chi connectivity index (χ2n) is 14.0. The van der Waals surface area contributed by atoms with Crippen LogP contribution in [0.1, 0.15) is 123 Å². The Labute approximate surface area is 377 Å². The minimum atomic E-state index is -4.63. The fraction of sp³-hybridized carbons (Fsp3) is 0.455. The highest BCUT2D eigenvalue weighted by molar-refractivity contribution is 9.09. The molecule has 0 radical (unpaired) electrons. The summed E-state index contributed by atoms with van der Waals surface area (Å²) in [6, 6.07) is 6.43. The lowest BCUT2D eigenvalue weighted by Crippen LogP contribution is -2.22. The summed E-state index contributed by atoms with van der Waals surface area (Å²) in [5, 5.41) is 23.9. The molecule has 0 amide bonds. The van der Waals surface area contributed by atoms with Gasteiger partial charge in [-0.2, -0.15) is 49.0 Å². The molecular weight excluding hydrogens is 943 g/mol. The van der Waals surface area contributed by atoms with E-state index in [4.69, 9.17) is 23.3 Å². The van der Waals surface area contributed by atoms with E-state index in [2.05, 4.69) is 26.2 Å². The lowest BCUT2D eigenvalue weighted by molar-refractivity contribution is -0.152. The summed E-state index contributed by atoms with van der Waals surface area (Å²) in [5.74, 6) is -0.383. The number of benzene rings is 2. The van der Waals surface area contributed by atoms with Crippen LogP contribution in [0.25, 0.3) is 21.9 Å². The molecule has 0 saturated heterocycles. The molecule has 4 aromatic heterocycles. The molecule has 1 N–H and O–H groups in total. The monoisotopic (exact) mass is 990 g/mol. The van der Waals surface area contributed by atoms with E-state index in [1.165, 1.54) is 23.5 Å². The number of ether oxygens (including phenoxy) is 3. The first-order valence-electron chi connectivity index (χ1n) is 20.4. The fourth-order valence-electron chi connectivity index (χ4n) is 6.59. The van der Waals surface area contributed by atoms with Crippen molar-refractivity contribution in [2.24, 2.45) is 0 Å². The number of carbonyl (C=O) groups excluding carboxylic acids is 2. The number of thiophene rings is 2. The summed E-state index contributed by atoms with van der Waals surface area (Å²) < 4.78 is 105. The van der Waals surface area contributed by atoms with E-state index in [1.54, 1.807) is 36.6 Å². The van der Waals surface area contributed by atoms with Crippen molar-refractivity contribution in [1.29, 1.82) is 0 Å². The second-order valence-corrected chi connectivity index (χ2v) is 16.5. The van der Waals surface area contributed by atoms with Crippen LogP contribution < -0.4 is 4.74 Å². The van der Waals surface area contributed by atoms with Crippen molar-refractivity contribution >= 4 is 72.5 Å². The number of halogens is 7. The number of alkyl halides is 7. The molecule has 10 nitrogen and oxygen atoms in total. The Morgan fingerprint density at radius 1 is 0.698 bits per heavy atom. The van der Waals surface area contributed by atoms with Crippen LogP contribution in [0.3, 0.4) is 0 Å². The standard InChI is InChI=1S/C22H24F3NO4S.C14H16F3NO2.C8H9BrO2S/c1-4-7-13-11-16-19(30-26-20(16)22(23,24)25)15(8-5-2)17(13)29-18(21(27)28-6-3)14-9-10-31-12-14;1-3-5-8-7-10-12(9(6-4-2)11(8)19)20-18-13(10)14(15,16)17;1-2-11-8(10)7(9)6-3-4-12-5-6/h9-12,18H,4-8H2,1-3H3;7,19H,3-6H2,1-2H3;3-5,7H,2H2,1H3. The number of nitrogens with zero attached hydrogens (tertiary/aromatic N) is 2. The summed E-state index contributed by atoms with van der Waals surface area (Å²) in [4.78, 5) is 23.5. The Bertz CT molecular complexity index is 2380. The number of phenols is 1. The number of aromatic nitrogens is 2. The van der Waals surface area contributed by atoms with E-state index in [1.807, 2.05) is 49.9 Å². The highest BCUT2D eigenvalue weighted by atomic mass is 79.9. The average Bonchev–Trinajstić information content (AvgIpc) is 4.07. The second kappa shape index (κ2) is 23.4. The van der Waals surface area contributed by atoms with E-state index in [9.17, 15) is 41.0 Å². The lowest BCUT2D eigenvalue weighted by atomic mass is 9.97. The number of hydrogen-bond acceptors (Lipinski definition) is 12. The normalized spacial score (nSPS) is 12.6. The molecule has 4 heterocycles. The molecule has 0 aliphatic carbocycles. The molecule has 0 spiro atoms. The molecule has 6 rings (SSSR count). The van der Waals surface area contributed by atoms with E-state index >= 15 is 0 Å². The molecule has 19 heteroatoms. The van der Waals surface area contributed by atoms with Crippen molar-refractivity contribution in [3.05, 3.63) is 90.6 Å². The summed E-state index contributed by atoms with van der Waals surface area (Å²) >= 11 is 6.24. The molecule has 2 aromatic carbocycles. The third kappa shape index (κ3) is 12.8. The van der Waals surface area contributed by atoms with Gasteiger partial charge >= 0.3 is 24.3 Å². The Kier molecular flexibility index (Phi) is 18.9. The van der Waals surface area contributed by atoms with Crippen molar-refractivity contribution < 1.29 is 64.3 Å². The van der Waals surface area contributed by atoms with Crippen molar-refractivity contribution in [2.45, 2.75) is 116 Å². The molecule has 63 heavy (non-hydrogen) atoms. The third-order valence-corrected chi connectivity index (χ3v) is 11.6. The van der Waals surface area contributed by atoms with Crippen molar-refractivity contribution in [1.82, 2.24) is 10.3 Å². The number of hydrogen-bond donors (Lipinski definition) is 1. The van der Waals surface area contributed by atoms with Gasteiger partial charge in [-0.05, 0) is 102 Å². The molecule has 2 atom stereocenters. The minimum absolute atomic E-state index is 0.0334. The Morgan fingerprint density at radius 3 is 1.63 bits per heavy atom. The number of fused-ring (bicyclic) bond motifs is 2. The van der Waals surface area contributed by atoms with Crippen molar-refractivity contribution in [3.63, 3.8) is 0 Å².